The molecule has 0 aliphatic rings. The molecule has 0 aliphatic heterocycles. The number of hydrogen-bond acceptors (Lipinski definition) is 5. The average molecular weight is 403 g/mol. The van der Waals surface area contributed by atoms with E-state index in [0.29, 0.717) is 16.6 Å². The minimum Gasteiger partial charge on any atom is -0.383 e. The molecule has 0 spiro atoms. The van der Waals surface area contributed by atoms with Gasteiger partial charge in [0.25, 0.3) is 11.5 Å². The normalized spacial score (nSPS) is 12.6. The van der Waals surface area contributed by atoms with Crippen LogP contribution in [-0.2, 0) is 16.1 Å². The van der Waals surface area contributed by atoms with Crippen LogP contribution in [0.3, 0.4) is 0 Å². The van der Waals surface area contributed by atoms with Crippen LogP contribution in [0.2, 0.25) is 0 Å². The SMILES string of the molecule is CCCCNC(=O)/C(C#N)=c1\s/c(=C\c2ccc(F)cc2)c(=O)n1CCOC. The third-order valence-electron chi connectivity index (χ3n) is 3.96. The molecule has 8 heteroatoms. The number of amides is 1. The van der Waals surface area contributed by atoms with Crippen molar-refractivity contribution in [1.82, 2.24) is 9.88 Å². The first-order chi connectivity index (χ1) is 13.5. The molecule has 1 aromatic heterocycles. The molecule has 1 aromatic carbocycles. The Morgan fingerprint density at radius 2 is 2.11 bits per heavy atom. The number of halogens is 1. The van der Waals surface area contributed by atoms with Gasteiger partial charge in [-0.25, -0.2) is 4.39 Å². The Morgan fingerprint density at radius 1 is 1.39 bits per heavy atom. The van der Waals surface area contributed by atoms with Gasteiger partial charge in [-0.1, -0.05) is 25.5 Å². The summed E-state index contributed by atoms with van der Waals surface area (Å²) in [5.74, 6) is -0.873. The van der Waals surface area contributed by atoms with E-state index >= 15 is 0 Å². The number of carbonyl (C=O) groups excluding carboxylic acids is 1. The Hall–Kier alpha value is -2.76. The third kappa shape index (κ3) is 5.38. The molecule has 0 radical (unpaired) electrons. The van der Waals surface area contributed by atoms with Gasteiger partial charge < -0.3 is 10.1 Å². The van der Waals surface area contributed by atoms with E-state index in [9.17, 15) is 19.2 Å². The second-order valence-electron chi connectivity index (χ2n) is 6.01. The van der Waals surface area contributed by atoms with Crippen molar-refractivity contribution in [3.8, 4) is 6.07 Å². The number of carbonyl (C=O) groups is 1. The highest BCUT2D eigenvalue weighted by molar-refractivity contribution is 7.07. The minimum absolute atomic E-state index is 0.104. The number of benzene rings is 1. The van der Waals surface area contributed by atoms with Crippen LogP contribution >= 0.6 is 11.3 Å². The summed E-state index contributed by atoms with van der Waals surface area (Å²) in [6.45, 7) is 2.94. The molecule has 2 aromatic rings. The van der Waals surface area contributed by atoms with E-state index in [1.54, 1.807) is 18.2 Å². The number of thiazole rings is 1. The zero-order chi connectivity index (χ0) is 20.5. The highest BCUT2D eigenvalue weighted by atomic mass is 32.1. The molecule has 0 saturated heterocycles. The molecule has 0 saturated carbocycles. The quantitative estimate of drug-likeness (QED) is 0.670. The molecule has 28 heavy (non-hydrogen) atoms. The van der Waals surface area contributed by atoms with E-state index in [-0.39, 0.29) is 34.8 Å². The number of hydrogen-bond donors (Lipinski definition) is 1. The van der Waals surface area contributed by atoms with Gasteiger partial charge in [0.2, 0.25) is 0 Å². The van der Waals surface area contributed by atoms with Gasteiger partial charge in [0.05, 0.1) is 17.7 Å². The Labute approximate surface area is 166 Å². The molecule has 6 nitrogen and oxygen atoms in total. The van der Waals surface area contributed by atoms with Crippen LogP contribution in [0.1, 0.15) is 25.3 Å². The van der Waals surface area contributed by atoms with Crippen molar-refractivity contribution < 1.29 is 13.9 Å². The first-order valence-corrected chi connectivity index (χ1v) is 9.72. The first-order valence-electron chi connectivity index (χ1n) is 8.90. The maximum absolute atomic E-state index is 13.1. The third-order valence-corrected chi connectivity index (χ3v) is 5.09. The summed E-state index contributed by atoms with van der Waals surface area (Å²) < 4.78 is 20.2. The van der Waals surface area contributed by atoms with Gasteiger partial charge in [-0.2, -0.15) is 5.26 Å². The summed E-state index contributed by atoms with van der Waals surface area (Å²) >= 11 is 1.06. The topological polar surface area (TPSA) is 84.1 Å². The minimum atomic E-state index is -0.503. The van der Waals surface area contributed by atoms with E-state index < -0.39 is 5.91 Å². The van der Waals surface area contributed by atoms with Crippen LogP contribution in [0.25, 0.3) is 11.6 Å². The lowest BCUT2D eigenvalue weighted by molar-refractivity contribution is -0.115. The van der Waals surface area contributed by atoms with Crippen molar-refractivity contribution >= 4 is 28.9 Å². The van der Waals surface area contributed by atoms with Crippen LogP contribution in [0.5, 0.6) is 0 Å². The van der Waals surface area contributed by atoms with Crippen LogP contribution in [0.15, 0.2) is 29.1 Å². The Bertz CT molecular complexity index is 1030. The number of unbranched alkanes of at least 4 members (excludes halogenated alkanes) is 1. The van der Waals surface area contributed by atoms with Gasteiger partial charge >= 0.3 is 0 Å². The summed E-state index contributed by atoms with van der Waals surface area (Å²) in [7, 11) is 1.51. The predicted octanol–water partition coefficient (Wildman–Crippen LogP) is 1.11. The van der Waals surface area contributed by atoms with Crippen molar-refractivity contribution in [2.75, 3.05) is 20.3 Å². The number of aromatic nitrogens is 1. The maximum Gasteiger partial charge on any atom is 0.269 e. The van der Waals surface area contributed by atoms with E-state index in [1.165, 1.54) is 23.8 Å². The van der Waals surface area contributed by atoms with Gasteiger partial charge in [0, 0.05) is 13.7 Å². The van der Waals surface area contributed by atoms with E-state index in [1.807, 2.05) is 13.0 Å². The molecule has 1 amide bonds. The zero-order valence-electron chi connectivity index (χ0n) is 15.8. The van der Waals surface area contributed by atoms with E-state index in [2.05, 4.69) is 5.32 Å². The Morgan fingerprint density at radius 3 is 2.71 bits per heavy atom. The lowest BCUT2D eigenvalue weighted by Gasteiger charge is -2.04. The summed E-state index contributed by atoms with van der Waals surface area (Å²) in [6, 6.07) is 7.64. The molecule has 1 N–H and O–H groups in total. The predicted molar refractivity (Wildman–Crippen MR) is 107 cm³/mol. The maximum atomic E-state index is 13.1. The summed E-state index contributed by atoms with van der Waals surface area (Å²) in [5, 5.41) is 12.2. The molecule has 0 bridgehead atoms. The summed E-state index contributed by atoms with van der Waals surface area (Å²) in [4.78, 5) is 25.3. The lowest BCUT2D eigenvalue weighted by Crippen LogP contribution is -2.36. The molecular formula is C20H22FN3O3S. The highest BCUT2D eigenvalue weighted by Gasteiger charge is 2.15. The second kappa shape index (κ2) is 10.5. The first kappa shape index (κ1) is 21.5. The summed E-state index contributed by atoms with van der Waals surface area (Å²) in [5.41, 5.74) is 0.222. The van der Waals surface area contributed by atoms with Crippen molar-refractivity contribution in [2.45, 2.75) is 26.3 Å². The largest absolute Gasteiger partial charge is 0.383 e. The smallest absolute Gasteiger partial charge is 0.269 e. The van der Waals surface area contributed by atoms with Gasteiger partial charge in [0.1, 0.15) is 16.5 Å². The Kier molecular flexibility index (Phi) is 8.11. The molecule has 0 atom stereocenters. The monoisotopic (exact) mass is 403 g/mol. The van der Waals surface area contributed by atoms with E-state index in [4.69, 9.17) is 4.74 Å². The number of ether oxygens (including phenoxy) is 1. The van der Waals surface area contributed by atoms with Crippen molar-refractivity contribution in [2.24, 2.45) is 0 Å². The van der Waals surface area contributed by atoms with Crippen molar-refractivity contribution in [1.29, 1.82) is 5.26 Å². The second-order valence-corrected chi connectivity index (χ2v) is 7.04. The standard InChI is InChI=1S/C20H22FN3O3S/c1-3-4-9-23-18(25)16(13-22)20-24(10-11-27-2)19(26)17(28-20)12-14-5-7-15(21)8-6-14/h5-8,12H,3-4,9-11H2,1-2H3,(H,23,25)/b17-12-,20-16-. The van der Waals surface area contributed by atoms with Crippen LogP contribution in [-0.4, -0.2) is 30.7 Å². The molecule has 0 aliphatic carbocycles. The molecule has 0 unspecified atom stereocenters. The average Bonchev–Trinajstić information content (AvgIpc) is 2.98. The van der Waals surface area contributed by atoms with Crippen molar-refractivity contribution in [3.05, 3.63) is 55.2 Å². The van der Waals surface area contributed by atoms with Crippen LogP contribution < -0.4 is 20.1 Å². The van der Waals surface area contributed by atoms with Crippen LogP contribution in [0.4, 0.5) is 4.39 Å². The van der Waals surface area contributed by atoms with Crippen molar-refractivity contribution in [3.63, 3.8) is 0 Å². The zero-order valence-corrected chi connectivity index (χ0v) is 16.6. The number of methoxy groups -OCH3 is 1. The summed E-state index contributed by atoms with van der Waals surface area (Å²) in [6.07, 6.45) is 3.33. The number of nitrogens with one attached hydrogen (secondary N) is 1. The number of nitrogens with zero attached hydrogens (tertiary/aromatic N) is 2. The molecule has 148 valence electrons. The van der Waals surface area contributed by atoms with Crippen LogP contribution in [0, 0.1) is 17.1 Å². The van der Waals surface area contributed by atoms with E-state index in [0.717, 1.165) is 24.2 Å². The highest BCUT2D eigenvalue weighted by Crippen LogP contribution is 2.03. The number of nitriles is 1. The fraction of sp³-hybridized carbons (Fsp3) is 0.350. The molecule has 2 rings (SSSR count). The van der Waals surface area contributed by atoms with Gasteiger partial charge in [0.15, 0.2) is 5.57 Å². The van der Waals surface area contributed by atoms with Gasteiger partial charge in [-0.15, -0.1) is 11.3 Å². The Balaban J connectivity index is 2.61. The fourth-order valence-electron chi connectivity index (χ4n) is 2.46. The molecular weight excluding hydrogens is 381 g/mol. The fourth-order valence-corrected chi connectivity index (χ4v) is 3.59. The molecule has 0 fully saturated rings. The van der Waals surface area contributed by atoms with Gasteiger partial charge in [-0.3, -0.25) is 14.2 Å². The number of rotatable bonds is 8. The molecule has 1 heterocycles. The van der Waals surface area contributed by atoms with Gasteiger partial charge in [-0.05, 0) is 30.2 Å². The lowest BCUT2D eigenvalue weighted by atomic mass is 10.2.